The van der Waals surface area contributed by atoms with Gasteiger partial charge >= 0.3 is 6.09 Å². The monoisotopic (exact) mass is 325 g/mol. The first-order valence-electron chi connectivity index (χ1n) is 9.11. The lowest BCUT2D eigenvalue weighted by Crippen LogP contribution is -2.52. The number of nitrogens with one attached hydrogen (secondary N) is 1. The number of likely N-dealkylation sites (N-methyl/N-ethyl adjacent to an activating group) is 1. The fourth-order valence-corrected chi connectivity index (χ4v) is 3.90. The van der Waals surface area contributed by atoms with Gasteiger partial charge < -0.3 is 19.9 Å². The van der Waals surface area contributed by atoms with Crippen LogP contribution in [0.5, 0.6) is 0 Å². The molecule has 0 aromatic carbocycles. The van der Waals surface area contributed by atoms with Crippen molar-refractivity contribution in [2.45, 2.75) is 76.5 Å². The minimum Gasteiger partial charge on any atom is -0.444 e. The van der Waals surface area contributed by atoms with Crippen LogP contribution in [0.25, 0.3) is 0 Å². The quantitative estimate of drug-likeness (QED) is 0.844. The van der Waals surface area contributed by atoms with Crippen molar-refractivity contribution in [2.24, 2.45) is 0 Å². The maximum Gasteiger partial charge on any atom is 0.410 e. The van der Waals surface area contributed by atoms with Crippen LogP contribution in [0.3, 0.4) is 0 Å². The number of ether oxygens (including phenoxy) is 1. The Hall–Kier alpha value is -0.810. The molecular formula is C18H35N3O2. The van der Waals surface area contributed by atoms with Gasteiger partial charge in [-0.15, -0.1) is 0 Å². The molecule has 1 aliphatic heterocycles. The molecule has 0 aromatic rings. The lowest BCUT2D eigenvalue weighted by molar-refractivity contribution is 0.0224. The van der Waals surface area contributed by atoms with E-state index in [0.29, 0.717) is 5.54 Å². The zero-order valence-corrected chi connectivity index (χ0v) is 15.7. The molecule has 5 nitrogen and oxygen atoms in total. The Bertz CT molecular complexity index is 398. The fourth-order valence-electron chi connectivity index (χ4n) is 3.90. The van der Waals surface area contributed by atoms with Crippen molar-refractivity contribution in [3.8, 4) is 0 Å². The Morgan fingerprint density at radius 3 is 2.48 bits per heavy atom. The molecule has 2 aliphatic rings. The number of hydrogen-bond acceptors (Lipinski definition) is 4. The molecule has 2 fully saturated rings. The Morgan fingerprint density at radius 2 is 1.91 bits per heavy atom. The summed E-state index contributed by atoms with van der Waals surface area (Å²) in [6.45, 7) is 8.48. The van der Waals surface area contributed by atoms with Crippen LogP contribution in [0, 0.1) is 0 Å². The first-order valence-corrected chi connectivity index (χ1v) is 9.11. The SMILES string of the molecule is CN(C)C1(CNCC2CCCN2C(=O)OC(C)(C)C)CCCC1. The van der Waals surface area contributed by atoms with E-state index in [2.05, 4.69) is 24.3 Å². The van der Waals surface area contributed by atoms with Crippen LogP contribution in [0.2, 0.25) is 0 Å². The van der Waals surface area contributed by atoms with Gasteiger partial charge in [-0.2, -0.15) is 0 Å². The molecule has 1 aliphatic carbocycles. The van der Waals surface area contributed by atoms with Crippen LogP contribution in [0.1, 0.15) is 59.3 Å². The normalized spacial score (nSPS) is 24.4. The van der Waals surface area contributed by atoms with Crippen LogP contribution in [0.4, 0.5) is 4.79 Å². The minimum atomic E-state index is -0.420. The topological polar surface area (TPSA) is 44.8 Å². The van der Waals surface area contributed by atoms with E-state index in [9.17, 15) is 4.79 Å². The molecule has 1 saturated heterocycles. The van der Waals surface area contributed by atoms with Crippen molar-refractivity contribution in [1.82, 2.24) is 15.1 Å². The average molecular weight is 325 g/mol. The van der Waals surface area contributed by atoms with Crippen molar-refractivity contribution in [2.75, 3.05) is 33.7 Å². The number of amides is 1. The lowest BCUT2D eigenvalue weighted by Gasteiger charge is -2.37. The third kappa shape index (κ3) is 4.83. The summed E-state index contributed by atoms with van der Waals surface area (Å²) >= 11 is 0. The van der Waals surface area contributed by atoms with Gasteiger partial charge in [0.15, 0.2) is 0 Å². The highest BCUT2D eigenvalue weighted by atomic mass is 16.6. The zero-order chi connectivity index (χ0) is 17.1. The molecule has 23 heavy (non-hydrogen) atoms. The number of carbonyl (C=O) groups excluding carboxylic acids is 1. The van der Waals surface area contributed by atoms with Crippen LogP contribution < -0.4 is 5.32 Å². The number of rotatable bonds is 5. The molecule has 1 heterocycles. The van der Waals surface area contributed by atoms with E-state index >= 15 is 0 Å². The molecule has 0 aromatic heterocycles. The molecule has 0 spiro atoms. The molecule has 5 heteroatoms. The minimum absolute atomic E-state index is 0.162. The van der Waals surface area contributed by atoms with E-state index in [1.54, 1.807) is 0 Å². The summed E-state index contributed by atoms with van der Waals surface area (Å²) in [7, 11) is 4.38. The van der Waals surface area contributed by atoms with Crippen molar-refractivity contribution in [3.05, 3.63) is 0 Å². The summed E-state index contributed by atoms with van der Waals surface area (Å²) in [4.78, 5) is 16.6. The first kappa shape index (κ1) is 18.5. The van der Waals surface area contributed by atoms with Gasteiger partial charge in [-0.25, -0.2) is 4.79 Å². The van der Waals surface area contributed by atoms with E-state index in [1.165, 1.54) is 25.7 Å². The summed E-state index contributed by atoms with van der Waals surface area (Å²) in [6.07, 6.45) is 7.18. The highest BCUT2D eigenvalue weighted by Crippen LogP contribution is 2.33. The molecule has 0 radical (unpaired) electrons. The molecule has 1 saturated carbocycles. The molecule has 1 amide bonds. The van der Waals surface area contributed by atoms with Gasteiger partial charge in [-0.3, -0.25) is 0 Å². The van der Waals surface area contributed by atoms with Gasteiger partial charge in [0.1, 0.15) is 5.60 Å². The van der Waals surface area contributed by atoms with Crippen molar-refractivity contribution < 1.29 is 9.53 Å². The van der Waals surface area contributed by atoms with Crippen molar-refractivity contribution in [1.29, 1.82) is 0 Å². The standard InChI is InChI=1S/C18H35N3O2/c1-17(2,3)23-16(22)21-12-8-9-15(21)13-19-14-18(20(4)5)10-6-7-11-18/h15,19H,6-14H2,1-5H3. The summed E-state index contributed by atoms with van der Waals surface area (Å²) in [6, 6.07) is 0.269. The van der Waals surface area contributed by atoms with E-state index in [0.717, 1.165) is 32.5 Å². The average Bonchev–Trinajstić information content (AvgIpc) is 3.06. The summed E-state index contributed by atoms with van der Waals surface area (Å²) < 4.78 is 5.54. The Kier molecular flexibility index (Phi) is 5.95. The number of likely N-dealkylation sites (tertiary alicyclic amines) is 1. The molecule has 1 atom stereocenters. The highest BCUT2D eigenvalue weighted by Gasteiger charge is 2.37. The van der Waals surface area contributed by atoms with Gasteiger partial charge in [0.25, 0.3) is 0 Å². The number of nitrogens with zero attached hydrogens (tertiary/aromatic N) is 2. The van der Waals surface area contributed by atoms with Crippen LogP contribution >= 0.6 is 0 Å². The predicted molar refractivity (Wildman–Crippen MR) is 93.7 cm³/mol. The number of hydrogen-bond donors (Lipinski definition) is 1. The van der Waals surface area contributed by atoms with Gasteiger partial charge in [0, 0.05) is 31.2 Å². The Morgan fingerprint density at radius 1 is 1.26 bits per heavy atom. The molecule has 1 unspecified atom stereocenters. The van der Waals surface area contributed by atoms with Gasteiger partial charge in [-0.05, 0) is 60.5 Å². The second-order valence-electron chi connectivity index (χ2n) is 8.43. The van der Waals surface area contributed by atoms with Crippen LogP contribution in [-0.4, -0.2) is 66.8 Å². The van der Waals surface area contributed by atoms with Gasteiger partial charge in [-0.1, -0.05) is 12.8 Å². The molecule has 0 bridgehead atoms. The predicted octanol–water partition coefficient (Wildman–Crippen LogP) is 2.85. The van der Waals surface area contributed by atoms with Gasteiger partial charge in [0.2, 0.25) is 0 Å². The van der Waals surface area contributed by atoms with Gasteiger partial charge in [0.05, 0.1) is 0 Å². The van der Waals surface area contributed by atoms with Crippen molar-refractivity contribution >= 4 is 6.09 Å². The van der Waals surface area contributed by atoms with Crippen molar-refractivity contribution in [3.63, 3.8) is 0 Å². The van der Waals surface area contributed by atoms with E-state index in [-0.39, 0.29) is 12.1 Å². The maximum atomic E-state index is 12.3. The summed E-state index contributed by atoms with van der Waals surface area (Å²) in [5, 5.41) is 3.65. The Balaban J connectivity index is 1.83. The number of carbonyl (C=O) groups is 1. The summed E-state index contributed by atoms with van der Waals surface area (Å²) in [5.41, 5.74) is -0.119. The maximum absolute atomic E-state index is 12.3. The van der Waals surface area contributed by atoms with Crippen LogP contribution in [-0.2, 0) is 4.74 Å². The third-order valence-corrected chi connectivity index (χ3v) is 5.32. The molecule has 2 rings (SSSR count). The first-order chi connectivity index (χ1) is 10.7. The van der Waals surface area contributed by atoms with E-state index < -0.39 is 5.60 Å². The summed E-state index contributed by atoms with van der Waals surface area (Å²) in [5.74, 6) is 0. The molecular weight excluding hydrogens is 290 g/mol. The van der Waals surface area contributed by atoms with Crippen LogP contribution in [0.15, 0.2) is 0 Å². The molecule has 1 N–H and O–H groups in total. The fraction of sp³-hybridized carbons (Fsp3) is 0.944. The lowest BCUT2D eigenvalue weighted by atomic mass is 9.96. The zero-order valence-electron chi connectivity index (χ0n) is 15.7. The smallest absolute Gasteiger partial charge is 0.410 e. The largest absolute Gasteiger partial charge is 0.444 e. The van der Waals surface area contributed by atoms with E-state index in [1.807, 2.05) is 25.7 Å². The second kappa shape index (κ2) is 7.39. The highest BCUT2D eigenvalue weighted by molar-refractivity contribution is 5.69. The Labute approximate surface area is 141 Å². The third-order valence-electron chi connectivity index (χ3n) is 5.32. The second-order valence-corrected chi connectivity index (χ2v) is 8.43. The molecule has 134 valence electrons. The van der Waals surface area contributed by atoms with E-state index in [4.69, 9.17) is 4.74 Å².